The molecule has 0 saturated heterocycles. The van der Waals surface area contributed by atoms with Gasteiger partial charge in [-0.2, -0.15) is 0 Å². The van der Waals surface area contributed by atoms with Crippen LogP contribution in [0.25, 0.3) is 5.57 Å². The monoisotopic (exact) mass is 441 g/mol. The number of hydrogen-bond acceptors (Lipinski definition) is 4. The van der Waals surface area contributed by atoms with Gasteiger partial charge in [0.25, 0.3) is 20.0 Å². The smallest absolute Gasteiger partial charge is 0.206 e. The van der Waals surface area contributed by atoms with Crippen molar-refractivity contribution < 1.29 is 16.8 Å². The van der Waals surface area contributed by atoms with E-state index < -0.39 is 26.6 Å². The van der Waals surface area contributed by atoms with Crippen molar-refractivity contribution in [2.75, 3.05) is 6.54 Å². The summed E-state index contributed by atoms with van der Waals surface area (Å²) in [5.74, 6) is 0. The molecule has 7 heteroatoms. The van der Waals surface area contributed by atoms with E-state index in [-0.39, 0.29) is 9.79 Å². The first-order chi connectivity index (χ1) is 14.1. The Morgan fingerprint density at radius 1 is 0.700 bits per heavy atom. The van der Waals surface area contributed by atoms with Crippen LogP contribution < -0.4 is 0 Å². The second-order valence-corrected chi connectivity index (χ2v) is 11.0. The Labute approximate surface area is 178 Å². The van der Waals surface area contributed by atoms with Crippen LogP contribution in [-0.4, -0.2) is 27.1 Å². The van der Waals surface area contributed by atoms with Gasteiger partial charge in [-0.3, -0.25) is 0 Å². The molecular formula is C23H23NO4S2. The van der Waals surface area contributed by atoms with Crippen LogP contribution in [0.4, 0.5) is 0 Å². The Morgan fingerprint density at radius 2 is 1.10 bits per heavy atom. The molecule has 0 spiro atoms. The van der Waals surface area contributed by atoms with E-state index in [1.54, 1.807) is 48.5 Å². The number of aryl methyl sites for hydroxylation is 2. The van der Waals surface area contributed by atoms with Gasteiger partial charge in [-0.15, -0.1) is 0 Å². The van der Waals surface area contributed by atoms with Crippen molar-refractivity contribution in [3.63, 3.8) is 0 Å². The molecule has 0 saturated carbocycles. The molecule has 0 bridgehead atoms. The van der Waals surface area contributed by atoms with Crippen molar-refractivity contribution in [2.45, 2.75) is 23.6 Å². The van der Waals surface area contributed by atoms with E-state index in [0.717, 1.165) is 11.1 Å². The molecule has 0 aliphatic rings. The maximum absolute atomic E-state index is 13.4. The van der Waals surface area contributed by atoms with E-state index >= 15 is 0 Å². The van der Waals surface area contributed by atoms with Crippen LogP contribution >= 0.6 is 0 Å². The topological polar surface area (TPSA) is 71.5 Å². The zero-order chi connectivity index (χ0) is 21.9. The van der Waals surface area contributed by atoms with Gasteiger partial charge in [0.15, 0.2) is 0 Å². The Bertz CT molecular complexity index is 1170. The maximum Gasteiger partial charge on any atom is 0.256 e. The molecule has 0 amide bonds. The molecule has 5 nitrogen and oxygen atoms in total. The molecule has 0 atom stereocenters. The van der Waals surface area contributed by atoms with Crippen LogP contribution in [0.1, 0.15) is 16.7 Å². The van der Waals surface area contributed by atoms with Gasteiger partial charge >= 0.3 is 0 Å². The molecule has 0 unspecified atom stereocenters. The number of sulfonamides is 2. The Morgan fingerprint density at radius 3 is 1.50 bits per heavy atom. The first-order valence-corrected chi connectivity index (χ1v) is 12.1. The van der Waals surface area contributed by atoms with Crippen molar-refractivity contribution >= 4 is 25.6 Å². The first-order valence-electron chi connectivity index (χ1n) is 9.27. The quantitative estimate of drug-likeness (QED) is 0.545. The number of nitrogens with zero attached hydrogens (tertiary/aromatic N) is 1. The van der Waals surface area contributed by atoms with Gasteiger partial charge in [0, 0.05) is 0 Å². The lowest BCUT2D eigenvalue weighted by Crippen LogP contribution is -2.38. The fourth-order valence-corrected chi connectivity index (χ4v) is 6.51. The van der Waals surface area contributed by atoms with Gasteiger partial charge in [0.2, 0.25) is 0 Å². The summed E-state index contributed by atoms with van der Waals surface area (Å²) in [7, 11) is -8.70. The maximum atomic E-state index is 13.4. The molecule has 30 heavy (non-hydrogen) atoms. The third-order valence-corrected chi connectivity index (χ3v) is 8.92. The highest BCUT2D eigenvalue weighted by Gasteiger charge is 2.37. The number of rotatable bonds is 7. The van der Waals surface area contributed by atoms with E-state index in [9.17, 15) is 16.8 Å². The van der Waals surface area contributed by atoms with Gasteiger partial charge in [0.05, 0.1) is 16.3 Å². The van der Waals surface area contributed by atoms with Crippen LogP contribution in [0.3, 0.4) is 0 Å². The van der Waals surface area contributed by atoms with Gasteiger partial charge in [-0.25, -0.2) is 16.8 Å². The van der Waals surface area contributed by atoms with Crippen molar-refractivity contribution in [1.29, 1.82) is 0 Å². The minimum Gasteiger partial charge on any atom is -0.206 e. The molecule has 0 aromatic heterocycles. The summed E-state index contributed by atoms with van der Waals surface area (Å²) in [6, 6.07) is 21.1. The molecule has 3 rings (SSSR count). The van der Waals surface area contributed by atoms with Crippen molar-refractivity contribution in [3.05, 3.63) is 102 Å². The third kappa shape index (κ3) is 4.53. The highest BCUT2D eigenvalue weighted by Crippen LogP contribution is 2.28. The largest absolute Gasteiger partial charge is 0.256 e. The molecule has 0 aliphatic carbocycles. The predicted octanol–water partition coefficient (Wildman–Crippen LogP) is 4.40. The predicted molar refractivity (Wildman–Crippen MR) is 119 cm³/mol. The van der Waals surface area contributed by atoms with E-state index in [1.165, 1.54) is 24.3 Å². The van der Waals surface area contributed by atoms with Crippen LogP contribution in [-0.2, 0) is 20.0 Å². The van der Waals surface area contributed by atoms with Crippen LogP contribution in [0.2, 0.25) is 0 Å². The molecule has 0 N–H and O–H groups in total. The van der Waals surface area contributed by atoms with E-state index in [2.05, 4.69) is 6.58 Å². The van der Waals surface area contributed by atoms with Crippen molar-refractivity contribution in [3.8, 4) is 0 Å². The molecule has 0 fully saturated rings. The summed E-state index contributed by atoms with van der Waals surface area (Å²) in [4.78, 5) is -0.186. The fourth-order valence-electron chi connectivity index (χ4n) is 2.88. The van der Waals surface area contributed by atoms with E-state index in [4.69, 9.17) is 0 Å². The number of hydrogen-bond donors (Lipinski definition) is 0. The molecule has 0 heterocycles. The summed E-state index contributed by atoms with van der Waals surface area (Å²) < 4.78 is 54.1. The fraction of sp³-hybridized carbons (Fsp3) is 0.130. The minimum absolute atomic E-state index is 0.0929. The average Bonchev–Trinajstić information content (AvgIpc) is 2.73. The lowest BCUT2D eigenvalue weighted by molar-refractivity contribution is 0.515. The summed E-state index contributed by atoms with van der Waals surface area (Å²) >= 11 is 0. The molecular weight excluding hydrogens is 418 g/mol. The normalized spacial score (nSPS) is 12.1. The second-order valence-electron chi connectivity index (χ2n) is 7.04. The Balaban J connectivity index is 2.12. The van der Waals surface area contributed by atoms with Gasteiger partial charge in [-0.05, 0) is 49.2 Å². The minimum atomic E-state index is -4.35. The van der Waals surface area contributed by atoms with E-state index in [1.807, 2.05) is 19.9 Å². The summed E-state index contributed by atoms with van der Waals surface area (Å²) in [6.45, 7) is 7.20. The van der Waals surface area contributed by atoms with Crippen LogP contribution in [0.15, 0.2) is 95.2 Å². The highest BCUT2D eigenvalue weighted by molar-refractivity contribution is 8.04. The summed E-state index contributed by atoms with van der Waals surface area (Å²) in [5, 5.41) is 0. The van der Waals surface area contributed by atoms with Crippen LogP contribution in [0, 0.1) is 13.8 Å². The second kappa shape index (κ2) is 8.55. The average molecular weight is 442 g/mol. The van der Waals surface area contributed by atoms with Gasteiger partial charge in [-0.1, -0.05) is 76.0 Å². The summed E-state index contributed by atoms with van der Waals surface area (Å²) in [5.41, 5.74) is 2.79. The molecule has 156 valence electrons. The molecule has 3 aromatic rings. The number of benzene rings is 3. The first kappa shape index (κ1) is 22.0. The highest BCUT2D eigenvalue weighted by atomic mass is 32.3. The Hall–Kier alpha value is -2.74. The lowest BCUT2D eigenvalue weighted by Gasteiger charge is -2.23. The zero-order valence-electron chi connectivity index (χ0n) is 16.8. The van der Waals surface area contributed by atoms with Crippen molar-refractivity contribution in [2.24, 2.45) is 0 Å². The van der Waals surface area contributed by atoms with Crippen LogP contribution in [0.5, 0.6) is 0 Å². The zero-order valence-corrected chi connectivity index (χ0v) is 18.4. The molecule has 0 radical (unpaired) electrons. The molecule has 3 aromatic carbocycles. The Kier molecular flexibility index (Phi) is 6.26. The van der Waals surface area contributed by atoms with Gasteiger partial charge in [0.1, 0.15) is 0 Å². The standard InChI is InChI=1S/C23H23NO4S2/c1-18-9-13-22(14-10-18)29(25,26)24(17-20(3)21-7-5-4-6-8-21)30(27,28)23-15-11-19(2)12-16-23/h4-16H,3,17H2,1-2H3. The molecule has 0 aliphatic heterocycles. The SMILES string of the molecule is C=C(CN(S(=O)(=O)c1ccc(C)cc1)S(=O)(=O)c1ccc(C)cc1)c1ccccc1. The third-order valence-electron chi connectivity index (χ3n) is 4.68. The lowest BCUT2D eigenvalue weighted by atomic mass is 10.1. The summed E-state index contributed by atoms with van der Waals surface area (Å²) in [6.07, 6.45) is 0. The van der Waals surface area contributed by atoms with Crippen molar-refractivity contribution in [1.82, 2.24) is 3.71 Å². The van der Waals surface area contributed by atoms with Gasteiger partial charge < -0.3 is 0 Å². The van der Waals surface area contributed by atoms with E-state index in [0.29, 0.717) is 14.8 Å².